The topological polar surface area (TPSA) is 12.0 Å². The molecule has 0 spiro atoms. The third-order valence-electron chi connectivity index (χ3n) is 3.39. The van der Waals surface area contributed by atoms with Crippen LogP contribution < -0.4 is 5.32 Å². The molecule has 0 heterocycles. The standard InChI is InChI=1S/C14H19Cl2N/c1-2-10(9-17-12-6-7-12)8-11-4-3-5-13(15)14(11)16/h3-5,10,12,17H,2,6-9H2,1H3. The van der Waals surface area contributed by atoms with Crippen molar-refractivity contribution in [2.75, 3.05) is 6.54 Å². The predicted molar refractivity (Wildman–Crippen MR) is 75.0 cm³/mol. The molecule has 3 heteroatoms. The molecule has 1 aliphatic carbocycles. The quantitative estimate of drug-likeness (QED) is 0.813. The van der Waals surface area contributed by atoms with Crippen LogP contribution in [0.1, 0.15) is 31.7 Å². The average molecular weight is 272 g/mol. The van der Waals surface area contributed by atoms with Crippen LogP contribution in [-0.2, 0) is 6.42 Å². The normalized spacial score (nSPS) is 17.1. The maximum Gasteiger partial charge on any atom is 0.0624 e. The Hall–Kier alpha value is -0.240. The van der Waals surface area contributed by atoms with Gasteiger partial charge in [-0.3, -0.25) is 0 Å². The Balaban J connectivity index is 1.93. The second-order valence-corrected chi connectivity index (χ2v) is 5.66. The SMILES string of the molecule is CCC(CNC1CC1)Cc1cccc(Cl)c1Cl. The highest BCUT2D eigenvalue weighted by molar-refractivity contribution is 6.42. The van der Waals surface area contributed by atoms with Crippen LogP contribution in [0.4, 0.5) is 0 Å². The summed E-state index contributed by atoms with van der Waals surface area (Å²) in [5.41, 5.74) is 1.17. The lowest BCUT2D eigenvalue weighted by atomic mass is 9.97. The molecule has 1 unspecified atom stereocenters. The van der Waals surface area contributed by atoms with E-state index in [1.165, 1.54) is 24.8 Å². The molecular formula is C14H19Cl2N. The average Bonchev–Trinajstić information content (AvgIpc) is 3.13. The molecule has 94 valence electrons. The summed E-state index contributed by atoms with van der Waals surface area (Å²) in [5.74, 6) is 0.645. The Morgan fingerprint density at radius 3 is 2.76 bits per heavy atom. The highest BCUT2D eigenvalue weighted by atomic mass is 35.5. The van der Waals surface area contributed by atoms with Gasteiger partial charge in [-0.25, -0.2) is 0 Å². The van der Waals surface area contributed by atoms with E-state index in [0.717, 1.165) is 24.0 Å². The maximum absolute atomic E-state index is 6.22. The van der Waals surface area contributed by atoms with Gasteiger partial charge < -0.3 is 5.32 Å². The lowest BCUT2D eigenvalue weighted by molar-refractivity contribution is 0.459. The first-order chi connectivity index (χ1) is 8.20. The van der Waals surface area contributed by atoms with Crippen molar-refractivity contribution < 1.29 is 0 Å². The first-order valence-corrected chi connectivity index (χ1v) is 7.12. The zero-order valence-electron chi connectivity index (χ0n) is 10.2. The van der Waals surface area contributed by atoms with E-state index in [1.54, 1.807) is 0 Å². The molecular weight excluding hydrogens is 253 g/mol. The van der Waals surface area contributed by atoms with E-state index < -0.39 is 0 Å². The molecule has 1 aromatic carbocycles. The zero-order chi connectivity index (χ0) is 12.3. The monoisotopic (exact) mass is 271 g/mol. The third kappa shape index (κ3) is 3.87. The summed E-state index contributed by atoms with van der Waals surface area (Å²) in [5, 5.41) is 4.97. The van der Waals surface area contributed by atoms with Gasteiger partial charge in [0.05, 0.1) is 10.0 Å². The summed E-state index contributed by atoms with van der Waals surface area (Å²) in [6, 6.07) is 6.67. The van der Waals surface area contributed by atoms with Crippen molar-refractivity contribution in [3.8, 4) is 0 Å². The van der Waals surface area contributed by atoms with E-state index in [9.17, 15) is 0 Å². The van der Waals surface area contributed by atoms with Crippen molar-refractivity contribution in [3.05, 3.63) is 33.8 Å². The van der Waals surface area contributed by atoms with Gasteiger partial charge in [-0.15, -0.1) is 0 Å². The third-order valence-corrected chi connectivity index (χ3v) is 4.25. The molecule has 1 saturated carbocycles. The Labute approximate surface area is 114 Å². The van der Waals surface area contributed by atoms with E-state index in [2.05, 4.69) is 18.3 Å². The van der Waals surface area contributed by atoms with Gasteiger partial charge in [-0.1, -0.05) is 48.7 Å². The van der Waals surface area contributed by atoms with Crippen molar-refractivity contribution in [1.29, 1.82) is 0 Å². The Kier molecular flexibility index (Phi) is 4.72. The molecule has 0 aromatic heterocycles. The number of hydrogen-bond acceptors (Lipinski definition) is 1. The van der Waals surface area contributed by atoms with Gasteiger partial charge in [0.25, 0.3) is 0 Å². The lowest BCUT2D eigenvalue weighted by Gasteiger charge is -2.16. The molecule has 17 heavy (non-hydrogen) atoms. The van der Waals surface area contributed by atoms with Crippen molar-refractivity contribution in [2.45, 2.75) is 38.6 Å². The van der Waals surface area contributed by atoms with Crippen molar-refractivity contribution in [1.82, 2.24) is 5.32 Å². The number of rotatable bonds is 6. The molecule has 0 saturated heterocycles. The molecule has 2 rings (SSSR count). The lowest BCUT2D eigenvalue weighted by Crippen LogP contribution is -2.25. The van der Waals surface area contributed by atoms with Gasteiger partial charge >= 0.3 is 0 Å². The summed E-state index contributed by atoms with van der Waals surface area (Å²) >= 11 is 12.2. The van der Waals surface area contributed by atoms with Gasteiger partial charge in [-0.05, 0) is 43.4 Å². The minimum atomic E-state index is 0.645. The summed E-state index contributed by atoms with van der Waals surface area (Å²) in [6.45, 7) is 3.32. The molecule has 0 bridgehead atoms. The molecule has 1 aromatic rings. The van der Waals surface area contributed by atoms with Gasteiger partial charge in [0.2, 0.25) is 0 Å². The van der Waals surface area contributed by atoms with Crippen LogP contribution in [0.15, 0.2) is 18.2 Å². The summed E-state index contributed by atoms with van der Waals surface area (Å²) in [7, 11) is 0. The fraction of sp³-hybridized carbons (Fsp3) is 0.571. The molecule has 1 N–H and O–H groups in total. The smallest absolute Gasteiger partial charge is 0.0624 e. The highest BCUT2D eigenvalue weighted by Crippen LogP contribution is 2.28. The van der Waals surface area contributed by atoms with Crippen LogP contribution in [-0.4, -0.2) is 12.6 Å². The van der Waals surface area contributed by atoms with E-state index in [0.29, 0.717) is 10.9 Å². The van der Waals surface area contributed by atoms with Gasteiger partial charge in [0.15, 0.2) is 0 Å². The van der Waals surface area contributed by atoms with E-state index in [4.69, 9.17) is 23.2 Å². The van der Waals surface area contributed by atoms with Crippen LogP contribution >= 0.6 is 23.2 Å². The minimum Gasteiger partial charge on any atom is -0.314 e. The fourth-order valence-corrected chi connectivity index (χ4v) is 2.40. The van der Waals surface area contributed by atoms with E-state index in [-0.39, 0.29) is 0 Å². The number of hydrogen-bond donors (Lipinski definition) is 1. The summed E-state index contributed by atoms with van der Waals surface area (Å²) < 4.78 is 0. The van der Waals surface area contributed by atoms with Crippen LogP contribution in [0.25, 0.3) is 0 Å². The molecule has 1 nitrogen and oxygen atoms in total. The maximum atomic E-state index is 6.22. The Bertz CT molecular complexity index is 374. The van der Waals surface area contributed by atoms with Gasteiger partial charge in [-0.2, -0.15) is 0 Å². The van der Waals surface area contributed by atoms with E-state index in [1.807, 2.05) is 12.1 Å². The van der Waals surface area contributed by atoms with Gasteiger partial charge in [0.1, 0.15) is 0 Å². The molecule has 1 aliphatic rings. The molecule has 1 atom stereocenters. The van der Waals surface area contributed by atoms with Crippen LogP contribution in [0.3, 0.4) is 0 Å². The molecule has 0 amide bonds. The second kappa shape index (κ2) is 6.08. The zero-order valence-corrected chi connectivity index (χ0v) is 11.7. The van der Waals surface area contributed by atoms with Crippen molar-refractivity contribution in [2.24, 2.45) is 5.92 Å². The van der Waals surface area contributed by atoms with E-state index >= 15 is 0 Å². The molecule has 0 aliphatic heterocycles. The highest BCUT2D eigenvalue weighted by Gasteiger charge is 2.21. The second-order valence-electron chi connectivity index (χ2n) is 4.87. The van der Waals surface area contributed by atoms with Crippen LogP contribution in [0.2, 0.25) is 10.0 Å². The number of benzene rings is 1. The Morgan fingerprint density at radius 2 is 2.12 bits per heavy atom. The fourth-order valence-electron chi connectivity index (χ4n) is 2.00. The minimum absolute atomic E-state index is 0.645. The number of halogens is 2. The largest absolute Gasteiger partial charge is 0.314 e. The van der Waals surface area contributed by atoms with Crippen LogP contribution in [0.5, 0.6) is 0 Å². The molecule has 1 fully saturated rings. The first kappa shape index (κ1) is 13.2. The van der Waals surface area contributed by atoms with Crippen molar-refractivity contribution >= 4 is 23.2 Å². The Morgan fingerprint density at radius 1 is 1.35 bits per heavy atom. The van der Waals surface area contributed by atoms with Crippen molar-refractivity contribution in [3.63, 3.8) is 0 Å². The van der Waals surface area contributed by atoms with Gasteiger partial charge in [0, 0.05) is 6.04 Å². The number of nitrogens with one attached hydrogen (secondary N) is 1. The summed E-state index contributed by atoms with van der Waals surface area (Å²) in [4.78, 5) is 0. The van der Waals surface area contributed by atoms with Crippen LogP contribution in [0, 0.1) is 5.92 Å². The predicted octanol–water partition coefficient (Wildman–Crippen LogP) is 4.31. The molecule has 0 radical (unpaired) electrons. The summed E-state index contributed by atoms with van der Waals surface area (Å²) in [6.07, 6.45) is 4.86. The first-order valence-electron chi connectivity index (χ1n) is 6.37.